The molecule has 1 unspecified atom stereocenters. The van der Waals surface area contributed by atoms with Gasteiger partial charge >= 0.3 is 18.0 Å². The minimum absolute atomic E-state index is 0.140. The molecule has 0 aromatic heterocycles. The summed E-state index contributed by atoms with van der Waals surface area (Å²) in [6.45, 7) is 6.55. The molecule has 0 saturated carbocycles. The van der Waals surface area contributed by atoms with Crippen molar-refractivity contribution in [3.8, 4) is 0 Å². The molecule has 8 nitrogen and oxygen atoms in total. The van der Waals surface area contributed by atoms with Crippen LogP contribution in [0, 0.1) is 0 Å². The number of hydrogen-bond acceptors (Lipinski definition) is 6. The summed E-state index contributed by atoms with van der Waals surface area (Å²) in [5.74, 6) is -0.761. The van der Waals surface area contributed by atoms with Gasteiger partial charge in [0.2, 0.25) is 0 Å². The van der Waals surface area contributed by atoms with Gasteiger partial charge in [0, 0.05) is 29.2 Å². The van der Waals surface area contributed by atoms with E-state index < -0.39 is 23.6 Å². The molecule has 9 heteroatoms. The van der Waals surface area contributed by atoms with Crippen LogP contribution in [-0.2, 0) is 25.5 Å². The monoisotopic (exact) mass is 601 g/mol. The molecule has 2 aromatic rings. The molecule has 212 valence electrons. The second-order valence-corrected chi connectivity index (χ2v) is 11.8. The smallest absolute Gasteiger partial charge is 0.329 e. The van der Waals surface area contributed by atoms with Gasteiger partial charge in [0.1, 0.15) is 11.6 Å². The van der Waals surface area contributed by atoms with Crippen LogP contribution in [0.15, 0.2) is 53.0 Å². The van der Waals surface area contributed by atoms with E-state index >= 15 is 0 Å². The highest BCUT2D eigenvalue weighted by atomic mass is 79.9. The van der Waals surface area contributed by atoms with Crippen LogP contribution in [0.2, 0.25) is 0 Å². The predicted molar refractivity (Wildman–Crippen MR) is 155 cm³/mol. The number of ether oxygens (including phenoxy) is 2. The number of carbonyl (C=O) groups is 3. The summed E-state index contributed by atoms with van der Waals surface area (Å²) >= 11 is 3.42. The molecule has 0 radical (unpaired) electrons. The molecule has 1 aliphatic rings. The third-order valence-corrected chi connectivity index (χ3v) is 7.38. The molecule has 39 heavy (non-hydrogen) atoms. The van der Waals surface area contributed by atoms with E-state index in [-0.39, 0.29) is 12.0 Å². The lowest BCUT2D eigenvalue weighted by molar-refractivity contribution is -0.156. The molecule has 0 aliphatic heterocycles. The van der Waals surface area contributed by atoms with Crippen LogP contribution in [0.3, 0.4) is 0 Å². The highest BCUT2D eigenvalue weighted by Gasteiger charge is 2.35. The quantitative estimate of drug-likeness (QED) is 0.328. The third-order valence-electron chi connectivity index (χ3n) is 6.85. The number of carbonyl (C=O) groups excluding carboxylic acids is 3. The molecule has 0 bridgehead atoms. The van der Waals surface area contributed by atoms with Crippen LogP contribution in [0.4, 0.5) is 10.5 Å². The topological polar surface area (TPSA) is 102 Å². The van der Waals surface area contributed by atoms with Crippen molar-refractivity contribution in [3.63, 3.8) is 0 Å². The molecule has 0 heterocycles. The molecule has 1 aliphatic carbocycles. The average molecular weight is 603 g/mol. The average Bonchev–Trinajstić information content (AvgIpc) is 2.89. The number of anilines is 1. The number of fused-ring (bicyclic) bond motifs is 1. The minimum Gasteiger partial charge on any atom is -0.469 e. The first kappa shape index (κ1) is 30.6. The first-order valence-electron chi connectivity index (χ1n) is 13.5. The van der Waals surface area contributed by atoms with E-state index in [0.29, 0.717) is 38.0 Å². The molecule has 0 saturated heterocycles. The zero-order valence-electron chi connectivity index (χ0n) is 23.3. The zero-order valence-corrected chi connectivity index (χ0v) is 24.9. The van der Waals surface area contributed by atoms with Gasteiger partial charge in [-0.3, -0.25) is 14.6 Å². The lowest BCUT2D eigenvalue weighted by Gasteiger charge is -2.38. The van der Waals surface area contributed by atoms with Crippen LogP contribution < -0.4 is 10.6 Å². The van der Waals surface area contributed by atoms with Gasteiger partial charge in [-0.1, -0.05) is 40.2 Å². The maximum atomic E-state index is 13.5. The molecule has 0 spiro atoms. The Hall–Kier alpha value is -2.91. The van der Waals surface area contributed by atoms with E-state index in [2.05, 4.69) is 45.1 Å². The maximum absolute atomic E-state index is 13.5. The standard InChI is InChI=1S/C30H40BrN3O5/c1-30(2,3)39-28(36)26(34(29(32)37)23-16-14-22(31)15-17-23)18-20-33(19-8-13-27(35)38-4)25-12-7-10-21-9-5-6-11-24(21)25/h5-6,9,11,14-17,25-26H,7-8,10,12-13,18-20H2,1-4H3,(H2,32,37)/t25?,26-/m0/s1. The van der Waals surface area contributed by atoms with Crippen molar-refractivity contribution in [2.45, 2.75) is 77.0 Å². The largest absolute Gasteiger partial charge is 0.469 e. The second-order valence-electron chi connectivity index (χ2n) is 10.8. The molecule has 2 atom stereocenters. The number of nitrogens with zero attached hydrogens (tertiary/aromatic N) is 2. The fourth-order valence-corrected chi connectivity index (χ4v) is 5.40. The van der Waals surface area contributed by atoms with Crippen molar-refractivity contribution in [2.75, 3.05) is 25.1 Å². The second kappa shape index (κ2) is 13.9. The first-order valence-corrected chi connectivity index (χ1v) is 14.2. The Bertz CT molecular complexity index is 1130. The summed E-state index contributed by atoms with van der Waals surface area (Å²) in [6.07, 6.45) is 4.29. The Morgan fingerprint density at radius 3 is 2.41 bits per heavy atom. The fraction of sp³-hybridized carbons (Fsp3) is 0.500. The molecule has 2 amide bonds. The Balaban J connectivity index is 1.92. The maximum Gasteiger partial charge on any atom is 0.329 e. The Morgan fingerprint density at radius 1 is 1.08 bits per heavy atom. The summed E-state index contributed by atoms with van der Waals surface area (Å²) in [5.41, 5.74) is 8.23. The first-order chi connectivity index (χ1) is 18.5. The van der Waals surface area contributed by atoms with E-state index in [0.717, 1.165) is 23.7 Å². The van der Waals surface area contributed by atoms with Gasteiger partial charge in [-0.05, 0) is 94.8 Å². The number of methoxy groups -OCH3 is 1. The van der Waals surface area contributed by atoms with E-state index in [4.69, 9.17) is 15.2 Å². The number of halogens is 1. The van der Waals surface area contributed by atoms with Gasteiger partial charge in [0.25, 0.3) is 0 Å². The molecular weight excluding hydrogens is 562 g/mol. The highest BCUT2D eigenvalue weighted by Crippen LogP contribution is 2.35. The SMILES string of the molecule is COC(=O)CCCN(CC[C@@H](C(=O)OC(C)(C)C)N(C(N)=O)c1ccc(Br)cc1)C1CCCc2ccccc21. The summed E-state index contributed by atoms with van der Waals surface area (Å²) in [5, 5.41) is 0. The summed E-state index contributed by atoms with van der Waals surface area (Å²) in [4.78, 5) is 41.7. The van der Waals surface area contributed by atoms with Crippen LogP contribution >= 0.6 is 15.9 Å². The van der Waals surface area contributed by atoms with E-state index in [1.807, 2.05) is 0 Å². The summed E-state index contributed by atoms with van der Waals surface area (Å²) < 4.78 is 11.4. The van der Waals surface area contributed by atoms with Gasteiger partial charge in [-0.15, -0.1) is 0 Å². The number of urea groups is 1. The Labute approximate surface area is 239 Å². The van der Waals surface area contributed by atoms with Gasteiger partial charge in [-0.2, -0.15) is 0 Å². The number of esters is 2. The number of hydrogen-bond donors (Lipinski definition) is 1. The van der Waals surface area contributed by atoms with Crippen LogP contribution in [0.5, 0.6) is 0 Å². The number of primary amides is 1. The van der Waals surface area contributed by atoms with Gasteiger partial charge in [0.15, 0.2) is 0 Å². The van der Waals surface area contributed by atoms with E-state index in [1.54, 1.807) is 45.0 Å². The molecule has 3 rings (SSSR count). The minimum atomic E-state index is -0.926. The normalized spacial score (nSPS) is 15.8. The Kier molecular flexibility index (Phi) is 10.9. The third kappa shape index (κ3) is 8.80. The van der Waals surface area contributed by atoms with Crippen molar-refractivity contribution < 1.29 is 23.9 Å². The van der Waals surface area contributed by atoms with Gasteiger partial charge in [-0.25, -0.2) is 9.59 Å². The molecule has 2 N–H and O–H groups in total. The number of nitrogens with two attached hydrogens (primary N) is 1. The number of amides is 2. The predicted octanol–water partition coefficient (Wildman–Crippen LogP) is 5.77. The number of benzene rings is 2. The van der Waals surface area contributed by atoms with E-state index in [9.17, 15) is 14.4 Å². The fourth-order valence-electron chi connectivity index (χ4n) is 5.13. The van der Waals surface area contributed by atoms with Crippen LogP contribution in [0.25, 0.3) is 0 Å². The van der Waals surface area contributed by atoms with Gasteiger partial charge < -0.3 is 15.2 Å². The van der Waals surface area contributed by atoms with Crippen molar-refractivity contribution in [2.24, 2.45) is 5.73 Å². The molecular formula is C30H40BrN3O5. The molecule has 2 aromatic carbocycles. The zero-order chi connectivity index (χ0) is 28.6. The Morgan fingerprint density at radius 2 is 1.77 bits per heavy atom. The van der Waals surface area contributed by atoms with Crippen LogP contribution in [-0.4, -0.2) is 54.7 Å². The number of rotatable bonds is 11. The summed E-state index contributed by atoms with van der Waals surface area (Å²) in [7, 11) is 1.39. The number of aryl methyl sites for hydroxylation is 1. The van der Waals surface area contributed by atoms with Crippen molar-refractivity contribution in [1.29, 1.82) is 0 Å². The molecule has 0 fully saturated rings. The highest BCUT2D eigenvalue weighted by molar-refractivity contribution is 9.10. The lowest BCUT2D eigenvalue weighted by Crippen LogP contribution is -2.51. The van der Waals surface area contributed by atoms with Crippen LogP contribution in [0.1, 0.15) is 70.0 Å². The van der Waals surface area contributed by atoms with Gasteiger partial charge in [0.05, 0.1) is 7.11 Å². The van der Waals surface area contributed by atoms with Crippen molar-refractivity contribution in [3.05, 3.63) is 64.1 Å². The lowest BCUT2D eigenvalue weighted by atomic mass is 9.86. The van der Waals surface area contributed by atoms with E-state index in [1.165, 1.54) is 23.1 Å². The van der Waals surface area contributed by atoms with Crippen molar-refractivity contribution in [1.82, 2.24) is 4.90 Å². The van der Waals surface area contributed by atoms with Crippen molar-refractivity contribution >= 4 is 39.6 Å². The summed E-state index contributed by atoms with van der Waals surface area (Å²) in [6, 6.07) is 14.0.